The minimum atomic E-state index is -0.162. The van der Waals surface area contributed by atoms with E-state index >= 15 is 0 Å². The van der Waals surface area contributed by atoms with Crippen molar-refractivity contribution < 1.29 is 4.39 Å². The third kappa shape index (κ3) is 4.96. The van der Waals surface area contributed by atoms with Crippen LogP contribution in [0.15, 0.2) is 22.7 Å². The highest BCUT2D eigenvalue weighted by Crippen LogP contribution is 2.28. The SMILES string of the molecule is CCNC(Cc1cc(F)cc(Br)c1)C1CSCCS1. The quantitative estimate of drug-likeness (QED) is 0.850. The summed E-state index contributed by atoms with van der Waals surface area (Å²) in [5.41, 5.74) is 1.06. The first kappa shape index (κ1) is 15.7. The second-order valence-corrected chi connectivity index (χ2v) is 8.04. The summed E-state index contributed by atoms with van der Waals surface area (Å²) in [4.78, 5) is 0. The Morgan fingerprint density at radius 3 is 2.89 bits per heavy atom. The first-order valence-electron chi connectivity index (χ1n) is 6.56. The summed E-state index contributed by atoms with van der Waals surface area (Å²) in [6, 6.07) is 5.61. The molecule has 1 aliphatic heterocycles. The van der Waals surface area contributed by atoms with E-state index in [9.17, 15) is 4.39 Å². The first-order valence-corrected chi connectivity index (χ1v) is 9.56. The lowest BCUT2D eigenvalue weighted by molar-refractivity contribution is 0.520. The van der Waals surface area contributed by atoms with Crippen molar-refractivity contribution in [1.29, 1.82) is 0 Å². The van der Waals surface area contributed by atoms with E-state index in [4.69, 9.17) is 0 Å². The van der Waals surface area contributed by atoms with Gasteiger partial charge >= 0.3 is 0 Å². The van der Waals surface area contributed by atoms with E-state index in [-0.39, 0.29) is 5.82 Å². The Bertz CT molecular complexity index is 390. The van der Waals surface area contributed by atoms with E-state index < -0.39 is 0 Å². The van der Waals surface area contributed by atoms with Crippen LogP contribution in [0.3, 0.4) is 0 Å². The largest absolute Gasteiger partial charge is 0.313 e. The van der Waals surface area contributed by atoms with Crippen LogP contribution in [0.5, 0.6) is 0 Å². The van der Waals surface area contributed by atoms with Crippen molar-refractivity contribution in [3.8, 4) is 0 Å². The van der Waals surface area contributed by atoms with Gasteiger partial charge in [0.15, 0.2) is 0 Å². The summed E-state index contributed by atoms with van der Waals surface area (Å²) in [5.74, 6) is 3.51. The average Bonchev–Trinajstić information content (AvgIpc) is 2.38. The van der Waals surface area contributed by atoms with E-state index in [1.165, 1.54) is 23.3 Å². The van der Waals surface area contributed by atoms with Crippen LogP contribution in [-0.2, 0) is 6.42 Å². The molecular formula is C14H19BrFNS2. The van der Waals surface area contributed by atoms with Crippen molar-refractivity contribution in [2.75, 3.05) is 23.8 Å². The summed E-state index contributed by atoms with van der Waals surface area (Å²) in [7, 11) is 0. The predicted molar refractivity (Wildman–Crippen MR) is 88.8 cm³/mol. The van der Waals surface area contributed by atoms with Gasteiger partial charge in [0.2, 0.25) is 0 Å². The van der Waals surface area contributed by atoms with Crippen LogP contribution in [0, 0.1) is 5.82 Å². The molecule has 0 aromatic heterocycles. The smallest absolute Gasteiger partial charge is 0.124 e. The number of hydrogen-bond acceptors (Lipinski definition) is 3. The molecule has 0 bridgehead atoms. The molecule has 1 aromatic carbocycles. The highest BCUT2D eigenvalue weighted by atomic mass is 79.9. The molecule has 2 rings (SSSR count). The Hall–Kier alpha value is 0.290. The molecule has 1 saturated heterocycles. The normalized spacial score (nSPS) is 21.3. The molecule has 0 radical (unpaired) electrons. The van der Waals surface area contributed by atoms with Crippen LogP contribution in [0.1, 0.15) is 12.5 Å². The molecule has 1 aromatic rings. The van der Waals surface area contributed by atoms with E-state index in [1.54, 1.807) is 6.07 Å². The summed E-state index contributed by atoms with van der Waals surface area (Å²) in [5, 5.41) is 4.19. The number of thioether (sulfide) groups is 2. The van der Waals surface area contributed by atoms with Gasteiger partial charge in [0.25, 0.3) is 0 Å². The van der Waals surface area contributed by atoms with Gasteiger partial charge in [-0.25, -0.2) is 4.39 Å². The summed E-state index contributed by atoms with van der Waals surface area (Å²) >= 11 is 7.45. The molecule has 0 saturated carbocycles. The third-order valence-electron chi connectivity index (χ3n) is 3.13. The van der Waals surface area contributed by atoms with Gasteiger partial charge < -0.3 is 5.32 Å². The molecule has 0 amide bonds. The van der Waals surface area contributed by atoms with Crippen molar-refractivity contribution in [1.82, 2.24) is 5.32 Å². The lowest BCUT2D eigenvalue weighted by Crippen LogP contribution is -2.42. The molecule has 5 heteroatoms. The maximum absolute atomic E-state index is 13.4. The van der Waals surface area contributed by atoms with E-state index in [0.717, 1.165) is 23.0 Å². The Morgan fingerprint density at radius 1 is 1.42 bits per heavy atom. The first-order chi connectivity index (χ1) is 9.19. The second kappa shape index (κ2) is 7.91. The third-order valence-corrected chi connectivity index (χ3v) is 6.51. The van der Waals surface area contributed by atoms with Gasteiger partial charge in [-0.1, -0.05) is 22.9 Å². The van der Waals surface area contributed by atoms with Crippen LogP contribution in [0.25, 0.3) is 0 Å². The van der Waals surface area contributed by atoms with Crippen LogP contribution >= 0.6 is 39.5 Å². The van der Waals surface area contributed by atoms with Gasteiger partial charge in [-0.3, -0.25) is 0 Å². The van der Waals surface area contributed by atoms with Crippen molar-refractivity contribution in [2.45, 2.75) is 24.6 Å². The van der Waals surface area contributed by atoms with Crippen molar-refractivity contribution in [3.63, 3.8) is 0 Å². The van der Waals surface area contributed by atoms with E-state index in [1.807, 2.05) is 17.8 Å². The lowest BCUT2D eigenvalue weighted by Gasteiger charge is -2.30. The number of hydrogen-bond donors (Lipinski definition) is 1. The molecule has 106 valence electrons. The molecule has 1 nitrogen and oxygen atoms in total. The second-order valence-electron chi connectivity index (χ2n) is 4.63. The Kier molecular flexibility index (Phi) is 6.53. The van der Waals surface area contributed by atoms with Gasteiger partial charge in [0, 0.05) is 33.0 Å². The number of halogens is 2. The monoisotopic (exact) mass is 363 g/mol. The van der Waals surface area contributed by atoms with Crippen LogP contribution in [-0.4, -0.2) is 35.1 Å². The molecule has 0 spiro atoms. The van der Waals surface area contributed by atoms with Crippen molar-refractivity contribution in [3.05, 3.63) is 34.1 Å². The number of nitrogens with one attached hydrogen (secondary N) is 1. The highest BCUT2D eigenvalue weighted by Gasteiger charge is 2.24. The van der Waals surface area contributed by atoms with Gasteiger partial charge in [0.1, 0.15) is 5.82 Å². The Labute approximate surface area is 131 Å². The minimum Gasteiger partial charge on any atom is -0.313 e. The van der Waals surface area contributed by atoms with Crippen molar-refractivity contribution in [2.24, 2.45) is 0 Å². The molecule has 1 N–H and O–H groups in total. The fraction of sp³-hybridized carbons (Fsp3) is 0.571. The Balaban J connectivity index is 2.06. The maximum atomic E-state index is 13.4. The molecule has 2 atom stereocenters. The minimum absolute atomic E-state index is 0.162. The molecule has 1 aliphatic rings. The fourth-order valence-corrected chi connectivity index (χ4v) is 5.72. The number of likely N-dealkylation sites (N-methyl/N-ethyl adjacent to an activating group) is 1. The molecule has 1 heterocycles. The van der Waals surface area contributed by atoms with Crippen LogP contribution in [0.4, 0.5) is 4.39 Å². The van der Waals surface area contributed by atoms with Gasteiger partial charge in [0.05, 0.1) is 0 Å². The molecule has 2 unspecified atom stereocenters. The lowest BCUT2D eigenvalue weighted by atomic mass is 10.0. The van der Waals surface area contributed by atoms with Crippen LogP contribution < -0.4 is 5.32 Å². The van der Waals surface area contributed by atoms with Crippen LogP contribution in [0.2, 0.25) is 0 Å². The van der Waals surface area contributed by atoms with E-state index in [2.05, 4.69) is 39.9 Å². The van der Waals surface area contributed by atoms with Gasteiger partial charge in [-0.05, 0) is 36.7 Å². The Morgan fingerprint density at radius 2 is 2.26 bits per heavy atom. The van der Waals surface area contributed by atoms with Gasteiger partial charge in [-0.2, -0.15) is 23.5 Å². The van der Waals surface area contributed by atoms with Crippen molar-refractivity contribution >= 4 is 39.5 Å². The fourth-order valence-electron chi connectivity index (χ4n) is 2.32. The average molecular weight is 364 g/mol. The zero-order valence-corrected chi connectivity index (χ0v) is 14.2. The maximum Gasteiger partial charge on any atom is 0.124 e. The predicted octanol–water partition coefficient (Wildman–Crippen LogP) is 3.96. The highest BCUT2D eigenvalue weighted by molar-refractivity contribution is 9.10. The number of rotatable bonds is 5. The van der Waals surface area contributed by atoms with E-state index in [0.29, 0.717) is 11.3 Å². The zero-order chi connectivity index (χ0) is 13.7. The summed E-state index contributed by atoms with van der Waals surface area (Å²) in [6.07, 6.45) is 0.891. The summed E-state index contributed by atoms with van der Waals surface area (Å²) in [6.45, 7) is 3.10. The molecule has 0 aliphatic carbocycles. The molecule has 19 heavy (non-hydrogen) atoms. The topological polar surface area (TPSA) is 12.0 Å². The summed E-state index contributed by atoms with van der Waals surface area (Å²) < 4.78 is 14.3. The van der Waals surface area contributed by atoms with Gasteiger partial charge in [-0.15, -0.1) is 0 Å². The molecular weight excluding hydrogens is 345 g/mol. The standard InChI is InChI=1S/C14H19BrFNS2/c1-2-17-13(14-9-18-3-4-19-14)7-10-5-11(15)8-12(16)6-10/h5-6,8,13-14,17H,2-4,7,9H2,1H3. The zero-order valence-electron chi connectivity index (χ0n) is 11.0. The number of benzene rings is 1. The molecule has 1 fully saturated rings.